The maximum absolute atomic E-state index is 11.9. The molecule has 0 aromatic heterocycles. The van der Waals surface area contributed by atoms with Gasteiger partial charge >= 0.3 is 0 Å². The fourth-order valence-corrected chi connectivity index (χ4v) is 1.65. The first kappa shape index (κ1) is 16.3. The van der Waals surface area contributed by atoms with E-state index in [-0.39, 0.29) is 18.9 Å². The highest BCUT2D eigenvalue weighted by Crippen LogP contribution is 2.24. The van der Waals surface area contributed by atoms with E-state index in [0.717, 1.165) is 5.56 Å². The molecule has 20 heavy (non-hydrogen) atoms. The summed E-state index contributed by atoms with van der Waals surface area (Å²) in [7, 11) is 3.13. The zero-order chi connectivity index (χ0) is 15.2. The highest BCUT2D eigenvalue weighted by molar-refractivity contribution is 5.79. The van der Waals surface area contributed by atoms with Crippen LogP contribution in [0.15, 0.2) is 18.2 Å². The van der Waals surface area contributed by atoms with Gasteiger partial charge in [-0.3, -0.25) is 4.79 Å². The smallest absolute Gasteiger partial charge is 0.224 e. The van der Waals surface area contributed by atoms with Crippen LogP contribution in [0.1, 0.15) is 25.8 Å². The summed E-state index contributed by atoms with van der Waals surface area (Å²) in [6.07, 6.45) is 0.784. The van der Waals surface area contributed by atoms with Crippen molar-refractivity contribution in [3.05, 3.63) is 23.8 Å². The predicted octanol–water partition coefficient (Wildman–Crippen LogP) is 1.52. The topological polar surface area (TPSA) is 67.8 Å². The van der Waals surface area contributed by atoms with Gasteiger partial charge in [0.15, 0.2) is 0 Å². The Labute approximate surface area is 119 Å². The summed E-state index contributed by atoms with van der Waals surface area (Å²) in [5, 5.41) is 12.6. The molecule has 1 aromatic carbocycles. The number of nitrogens with one attached hydrogen (secondary N) is 1. The highest BCUT2D eigenvalue weighted by Gasteiger charge is 2.19. The number of rotatable bonds is 7. The summed E-state index contributed by atoms with van der Waals surface area (Å²) < 4.78 is 10.4. The second kappa shape index (κ2) is 7.14. The third-order valence-corrected chi connectivity index (χ3v) is 3.27. The summed E-state index contributed by atoms with van der Waals surface area (Å²) >= 11 is 0. The van der Waals surface area contributed by atoms with Crippen LogP contribution in [0.2, 0.25) is 0 Å². The first-order chi connectivity index (χ1) is 9.41. The van der Waals surface area contributed by atoms with E-state index in [1.165, 1.54) is 0 Å². The van der Waals surface area contributed by atoms with Gasteiger partial charge < -0.3 is 19.9 Å². The maximum atomic E-state index is 11.9. The third kappa shape index (κ3) is 4.74. The fraction of sp³-hybridized carbons (Fsp3) is 0.533. The number of benzene rings is 1. The predicted molar refractivity (Wildman–Crippen MR) is 77.2 cm³/mol. The normalized spacial score (nSPS) is 13.4. The van der Waals surface area contributed by atoms with Gasteiger partial charge in [0, 0.05) is 18.2 Å². The largest absolute Gasteiger partial charge is 0.497 e. The van der Waals surface area contributed by atoms with Gasteiger partial charge in [-0.1, -0.05) is 13.0 Å². The SMILES string of the molecule is CCC(C)(O)CNC(=O)Cc1ccc(OC)cc1OC. The Morgan fingerprint density at radius 1 is 1.35 bits per heavy atom. The Morgan fingerprint density at radius 3 is 2.60 bits per heavy atom. The van der Waals surface area contributed by atoms with Crippen LogP contribution >= 0.6 is 0 Å². The molecule has 0 aliphatic carbocycles. The molecule has 1 atom stereocenters. The van der Waals surface area contributed by atoms with Gasteiger partial charge in [-0.15, -0.1) is 0 Å². The van der Waals surface area contributed by atoms with E-state index in [4.69, 9.17) is 9.47 Å². The van der Waals surface area contributed by atoms with Gasteiger partial charge in [-0.25, -0.2) is 0 Å². The molecule has 0 saturated carbocycles. The van der Waals surface area contributed by atoms with Gasteiger partial charge in [0.1, 0.15) is 11.5 Å². The molecule has 112 valence electrons. The van der Waals surface area contributed by atoms with E-state index in [1.807, 2.05) is 6.92 Å². The number of hydrogen-bond acceptors (Lipinski definition) is 4. The van der Waals surface area contributed by atoms with Crippen LogP contribution in [0.3, 0.4) is 0 Å². The number of ether oxygens (including phenoxy) is 2. The van der Waals surface area contributed by atoms with Crippen molar-refractivity contribution in [2.75, 3.05) is 20.8 Å². The summed E-state index contributed by atoms with van der Waals surface area (Å²) in [4.78, 5) is 11.9. The number of carbonyl (C=O) groups excluding carboxylic acids is 1. The highest BCUT2D eigenvalue weighted by atomic mass is 16.5. The van der Waals surface area contributed by atoms with Gasteiger partial charge in [-0.05, 0) is 19.4 Å². The van der Waals surface area contributed by atoms with E-state index in [0.29, 0.717) is 17.9 Å². The zero-order valence-corrected chi connectivity index (χ0v) is 12.5. The van der Waals surface area contributed by atoms with Crippen LogP contribution in [0.5, 0.6) is 11.5 Å². The number of carbonyl (C=O) groups is 1. The van der Waals surface area contributed by atoms with Crippen molar-refractivity contribution in [3.63, 3.8) is 0 Å². The Kier molecular flexibility index (Phi) is 5.82. The first-order valence-corrected chi connectivity index (χ1v) is 6.62. The van der Waals surface area contributed by atoms with Gasteiger partial charge in [0.2, 0.25) is 5.91 Å². The van der Waals surface area contributed by atoms with Crippen LogP contribution in [-0.4, -0.2) is 37.4 Å². The van der Waals surface area contributed by atoms with Crippen molar-refractivity contribution in [2.45, 2.75) is 32.3 Å². The van der Waals surface area contributed by atoms with E-state index >= 15 is 0 Å². The van der Waals surface area contributed by atoms with Crippen LogP contribution in [0.4, 0.5) is 0 Å². The summed E-state index contributed by atoms with van der Waals surface area (Å²) in [5.74, 6) is 1.14. The second-order valence-corrected chi connectivity index (χ2v) is 4.98. The molecule has 0 fully saturated rings. The van der Waals surface area contributed by atoms with E-state index in [9.17, 15) is 9.90 Å². The molecular formula is C15H23NO4. The zero-order valence-electron chi connectivity index (χ0n) is 12.5. The molecule has 0 spiro atoms. The number of hydrogen-bond donors (Lipinski definition) is 2. The summed E-state index contributed by atoms with van der Waals surface area (Å²) in [6, 6.07) is 5.33. The molecule has 0 radical (unpaired) electrons. The fourth-order valence-electron chi connectivity index (χ4n) is 1.65. The Morgan fingerprint density at radius 2 is 2.05 bits per heavy atom. The van der Waals surface area contributed by atoms with Crippen LogP contribution in [0.25, 0.3) is 0 Å². The number of aliphatic hydroxyl groups is 1. The second-order valence-electron chi connectivity index (χ2n) is 4.98. The van der Waals surface area contributed by atoms with E-state index in [1.54, 1.807) is 39.3 Å². The molecule has 1 aromatic rings. The maximum Gasteiger partial charge on any atom is 0.224 e. The summed E-state index contributed by atoms with van der Waals surface area (Å²) in [5.41, 5.74) is -0.0958. The van der Waals surface area contributed by atoms with Crippen LogP contribution in [0, 0.1) is 0 Å². The first-order valence-electron chi connectivity index (χ1n) is 6.62. The summed E-state index contributed by atoms with van der Waals surface area (Å²) in [6.45, 7) is 3.81. The molecule has 0 saturated heterocycles. The van der Waals surface area contributed by atoms with Crippen LogP contribution < -0.4 is 14.8 Å². The van der Waals surface area contributed by atoms with Crippen molar-refractivity contribution in [2.24, 2.45) is 0 Å². The minimum Gasteiger partial charge on any atom is -0.497 e. The van der Waals surface area contributed by atoms with Crippen molar-refractivity contribution < 1.29 is 19.4 Å². The molecule has 1 amide bonds. The molecule has 0 aliphatic rings. The molecule has 2 N–H and O–H groups in total. The molecule has 0 heterocycles. The van der Waals surface area contributed by atoms with Gasteiger partial charge in [-0.2, -0.15) is 0 Å². The average Bonchev–Trinajstić information content (AvgIpc) is 2.45. The minimum atomic E-state index is -0.875. The third-order valence-electron chi connectivity index (χ3n) is 3.27. The van der Waals surface area contributed by atoms with Gasteiger partial charge in [0.25, 0.3) is 0 Å². The van der Waals surface area contributed by atoms with E-state index in [2.05, 4.69) is 5.32 Å². The van der Waals surface area contributed by atoms with Crippen molar-refractivity contribution in [1.29, 1.82) is 0 Å². The molecule has 5 heteroatoms. The molecule has 1 unspecified atom stereocenters. The molecule has 0 aliphatic heterocycles. The Hall–Kier alpha value is -1.75. The minimum absolute atomic E-state index is 0.151. The molecule has 1 rings (SSSR count). The monoisotopic (exact) mass is 281 g/mol. The van der Waals surface area contributed by atoms with E-state index < -0.39 is 5.60 Å². The lowest BCUT2D eigenvalue weighted by Crippen LogP contribution is -2.40. The number of amides is 1. The molecule has 5 nitrogen and oxygen atoms in total. The Balaban J connectivity index is 2.66. The number of methoxy groups -OCH3 is 2. The lowest BCUT2D eigenvalue weighted by Gasteiger charge is -2.21. The average molecular weight is 281 g/mol. The lowest BCUT2D eigenvalue weighted by atomic mass is 10.0. The van der Waals surface area contributed by atoms with Crippen molar-refractivity contribution >= 4 is 5.91 Å². The van der Waals surface area contributed by atoms with Crippen molar-refractivity contribution in [1.82, 2.24) is 5.32 Å². The van der Waals surface area contributed by atoms with Gasteiger partial charge in [0.05, 0.1) is 26.2 Å². The van der Waals surface area contributed by atoms with Crippen LogP contribution in [-0.2, 0) is 11.2 Å². The Bertz CT molecular complexity index is 457. The standard InChI is InChI=1S/C15H23NO4/c1-5-15(2,18)10-16-14(17)8-11-6-7-12(19-3)9-13(11)20-4/h6-7,9,18H,5,8,10H2,1-4H3,(H,16,17). The quantitative estimate of drug-likeness (QED) is 0.795. The molecule has 0 bridgehead atoms. The van der Waals surface area contributed by atoms with Crippen molar-refractivity contribution in [3.8, 4) is 11.5 Å². The molecular weight excluding hydrogens is 258 g/mol. The lowest BCUT2D eigenvalue weighted by molar-refractivity contribution is -0.121.